The minimum Gasteiger partial charge on any atom is -0.324 e. The van der Waals surface area contributed by atoms with Crippen molar-refractivity contribution < 1.29 is 14.4 Å². The van der Waals surface area contributed by atoms with Crippen LogP contribution in [0.5, 0.6) is 0 Å². The standard InChI is InChI=1S/C25H26N2O3/c1-15-7-11-19(12-8-15)26-23(28)20(13-16-5-3-2-4-6-16)27-24(29)21-17-9-10-18(14-17)22(21)25(27)30/h2-8,11-12,17-18,20-22H,9-10,13-14H2,1H3,(H,26,28)/t17-,18+,20-,21+,22+/m1/s1. The predicted molar refractivity (Wildman–Crippen MR) is 113 cm³/mol. The van der Waals surface area contributed by atoms with E-state index in [-0.39, 0.29) is 29.6 Å². The van der Waals surface area contributed by atoms with E-state index < -0.39 is 6.04 Å². The number of anilines is 1. The summed E-state index contributed by atoms with van der Waals surface area (Å²) in [6.45, 7) is 1.98. The second kappa shape index (κ2) is 7.38. The van der Waals surface area contributed by atoms with Gasteiger partial charge in [-0.25, -0.2) is 0 Å². The van der Waals surface area contributed by atoms with Gasteiger partial charge in [0.2, 0.25) is 17.7 Å². The van der Waals surface area contributed by atoms with Gasteiger partial charge >= 0.3 is 0 Å². The van der Waals surface area contributed by atoms with E-state index in [2.05, 4.69) is 5.32 Å². The number of amides is 3. The van der Waals surface area contributed by atoms with E-state index in [4.69, 9.17) is 0 Å². The van der Waals surface area contributed by atoms with E-state index in [0.29, 0.717) is 23.9 Å². The van der Waals surface area contributed by atoms with E-state index in [9.17, 15) is 14.4 Å². The first kappa shape index (κ1) is 19.0. The van der Waals surface area contributed by atoms with Crippen molar-refractivity contribution in [3.8, 4) is 0 Å². The second-order valence-corrected chi connectivity index (χ2v) is 8.99. The lowest BCUT2D eigenvalue weighted by Crippen LogP contribution is -2.49. The molecule has 0 aromatic heterocycles. The van der Waals surface area contributed by atoms with Gasteiger partial charge in [0.25, 0.3) is 0 Å². The zero-order valence-corrected chi connectivity index (χ0v) is 17.1. The molecule has 154 valence electrons. The molecule has 3 fully saturated rings. The summed E-state index contributed by atoms with van der Waals surface area (Å²) in [6.07, 6.45) is 3.36. The Morgan fingerprint density at radius 3 is 2.17 bits per heavy atom. The third-order valence-electron chi connectivity index (χ3n) is 7.17. The van der Waals surface area contributed by atoms with Gasteiger partial charge in [-0.1, -0.05) is 48.0 Å². The van der Waals surface area contributed by atoms with Crippen LogP contribution in [-0.2, 0) is 20.8 Å². The first-order valence-corrected chi connectivity index (χ1v) is 10.8. The van der Waals surface area contributed by atoms with Gasteiger partial charge < -0.3 is 5.32 Å². The fourth-order valence-corrected chi connectivity index (χ4v) is 5.74. The van der Waals surface area contributed by atoms with Crippen LogP contribution >= 0.6 is 0 Å². The summed E-state index contributed by atoms with van der Waals surface area (Å²) in [5.74, 6) is -0.424. The van der Waals surface area contributed by atoms with Gasteiger partial charge in [0, 0.05) is 12.1 Å². The Kier molecular flexibility index (Phi) is 4.69. The number of rotatable bonds is 5. The Morgan fingerprint density at radius 1 is 0.967 bits per heavy atom. The van der Waals surface area contributed by atoms with Gasteiger partial charge in [-0.2, -0.15) is 0 Å². The quantitative estimate of drug-likeness (QED) is 0.778. The molecule has 5 nitrogen and oxygen atoms in total. The lowest BCUT2D eigenvalue weighted by atomic mass is 9.81. The maximum Gasteiger partial charge on any atom is 0.248 e. The lowest BCUT2D eigenvalue weighted by molar-refractivity contribution is -0.147. The topological polar surface area (TPSA) is 66.5 Å². The monoisotopic (exact) mass is 402 g/mol. The summed E-state index contributed by atoms with van der Waals surface area (Å²) in [6, 6.07) is 16.3. The Balaban J connectivity index is 1.45. The molecule has 2 bridgehead atoms. The largest absolute Gasteiger partial charge is 0.324 e. The van der Waals surface area contributed by atoms with Crippen molar-refractivity contribution in [3.05, 3.63) is 65.7 Å². The van der Waals surface area contributed by atoms with Crippen molar-refractivity contribution in [2.45, 2.75) is 38.6 Å². The number of nitrogens with one attached hydrogen (secondary N) is 1. The molecular formula is C25H26N2O3. The highest BCUT2D eigenvalue weighted by Crippen LogP contribution is 2.56. The minimum atomic E-state index is -0.835. The van der Waals surface area contributed by atoms with Crippen molar-refractivity contribution in [1.29, 1.82) is 0 Å². The van der Waals surface area contributed by atoms with Crippen molar-refractivity contribution in [1.82, 2.24) is 4.90 Å². The number of likely N-dealkylation sites (tertiary alicyclic amines) is 1. The molecular weight excluding hydrogens is 376 g/mol. The first-order valence-electron chi connectivity index (χ1n) is 10.8. The molecule has 0 spiro atoms. The smallest absolute Gasteiger partial charge is 0.248 e. The molecule has 5 atom stereocenters. The molecule has 0 radical (unpaired) electrons. The zero-order chi connectivity index (χ0) is 20.8. The van der Waals surface area contributed by atoms with Gasteiger partial charge in [0.05, 0.1) is 11.8 Å². The highest BCUT2D eigenvalue weighted by atomic mass is 16.2. The summed E-state index contributed by atoms with van der Waals surface area (Å²) in [5.41, 5.74) is 2.70. The maximum absolute atomic E-state index is 13.3. The highest BCUT2D eigenvalue weighted by molar-refractivity contribution is 6.10. The van der Waals surface area contributed by atoms with Crippen LogP contribution in [0.1, 0.15) is 30.4 Å². The highest BCUT2D eigenvalue weighted by Gasteiger charge is 2.62. The van der Waals surface area contributed by atoms with Crippen LogP contribution in [0.4, 0.5) is 5.69 Å². The number of aryl methyl sites for hydroxylation is 1. The van der Waals surface area contributed by atoms with Gasteiger partial charge in [0.1, 0.15) is 6.04 Å². The Bertz CT molecular complexity index is 957. The molecule has 2 aromatic carbocycles. The number of hydrogen-bond acceptors (Lipinski definition) is 3. The van der Waals surface area contributed by atoms with Crippen LogP contribution in [0.3, 0.4) is 0 Å². The molecule has 0 unspecified atom stereocenters. The van der Waals surface area contributed by atoms with Crippen LogP contribution in [0, 0.1) is 30.6 Å². The van der Waals surface area contributed by atoms with Gasteiger partial charge in [-0.3, -0.25) is 19.3 Å². The van der Waals surface area contributed by atoms with Crippen molar-refractivity contribution >= 4 is 23.4 Å². The molecule has 2 saturated carbocycles. The number of carbonyl (C=O) groups is 3. The average Bonchev–Trinajstić information content (AvgIpc) is 3.43. The predicted octanol–water partition coefficient (Wildman–Crippen LogP) is 3.58. The molecule has 5 rings (SSSR count). The molecule has 1 heterocycles. The zero-order valence-electron chi connectivity index (χ0n) is 17.1. The second-order valence-electron chi connectivity index (χ2n) is 8.99. The Morgan fingerprint density at radius 2 is 1.57 bits per heavy atom. The molecule has 30 heavy (non-hydrogen) atoms. The molecule has 1 N–H and O–H groups in total. The number of benzene rings is 2. The van der Waals surface area contributed by atoms with Crippen LogP contribution in [-0.4, -0.2) is 28.7 Å². The van der Waals surface area contributed by atoms with E-state index in [1.165, 1.54) is 4.90 Å². The average molecular weight is 402 g/mol. The van der Waals surface area contributed by atoms with E-state index >= 15 is 0 Å². The van der Waals surface area contributed by atoms with Crippen molar-refractivity contribution in [2.75, 3.05) is 5.32 Å². The summed E-state index contributed by atoms with van der Waals surface area (Å²) in [5, 5.41) is 2.93. The molecule has 3 aliphatic rings. The minimum absolute atomic E-state index is 0.141. The molecule has 1 saturated heterocycles. The molecule has 2 aromatic rings. The summed E-state index contributed by atoms with van der Waals surface area (Å²) in [7, 11) is 0. The fourth-order valence-electron chi connectivity index (χ4n) is 5.74. The number of imide groups is 1. The number of nitrogens with zero attached hydrogens (tertiary/aromatic N) is 1. The Labute approximate surface area is 176 Å². The summed E-state index contributed by atoms with van der Waals surface area (Å²) >= 11 is 0. The molecule has 2 aliphatic carbocycles. The van der Waals surface area contributed by atoms with E-state index in [1.807, 2.05) is 61.5 Å². The van der Waals surface area contributed by atoms with E-state index in [0.717, 1.165) is 30.4 Å². The van der Waals surface area contributed by atoms with Crippen molar-refractivity contribution in [3.63, 3.8) is 0 Å². The molecule has 5 heteroatoms. The number of fused-ring (bicyclic) bond motifs is 5. The fraction of sp³-hybridized carbons (Fsp3) is 0.400. The number of carbonyl (C=O) groups excluding carboxylic acids is 3. The van der Waals surface area contributed by atoms with Crippen molar-refractivity contribution in [2.24, 2.45) is 23.7 Å². The van der Waals surface area contributed by atoms with Crippen LogP contribution in [0.15, 0.2) is 54.6 Å². The summed E-state index contributed by atoms with van der Waals surface area (Å²) in [4.78, 5) is 41.3. The normalized spacial score (nSPS) is 28.0. The van der Waals surface area contributed by atoms with Crippen LogP contribution in [0.25, 0.3) is 0 Å². The van der Waals surface area contributed by atoms with Gasteiger partial charge in [-0.15, -0.1) is 0 Å². The molecule has 1 aliphatic heterocycles. The summed E-state index contributed by atoms with van der Waals surface area (Å²) < 4.78 is 0. The number of hydrogen-bond donors (Lipinski definition) is 1. The Hall–Kier alpha value is -2.95. The van der Waals surface area contributed by atoms with E-state index in [1.54, 1.807) is 0 Å². The maximum atomic E-state index is 13.3. The first-order chi connectivity index (χ1) is 14.5. The lowest BCUT2D eigenvalue weighted by Gasteiger charge is -2.27. The molecule has 3 amide bonds. The third kappa shape index (κ3) is 3.13. The third-order valence-corrected chi connectivity index (χ3v) is 7.17. The SMILES string of the molecule is Cc1ccc(NC(=O)[C@@H](Cc2ccccc2)N2C(=O)[C@H]3[C@@H]4CC[C@@H](C4)[C@@H]3C2=O)cc1. The van der Waals surface area contributed by atoms with Crippen LogP contribution < -0.4 is 5.32 Å². The van der Waals surface area contributed by atoms with Gasteiger partial charge in [0.15, 0.2) is 0 Å². The van der Waals surface area contributed by atoms with Gasteiger partial charge in [-0.05, 0) is 55.7 Å². The van der Waals surface area contributed by atoms with Crippen LogP contribution in [0.2, 0.25) is 0 Å².